The van der Waals surface area contributed by atoms with Gasteiger partial charge in [0.05, 0.1) is 0 Å². The van der Waals surface area contributed by atoms with E-state index < -0.39 is 0 Å². The highest BCUT2D eigenvalue weighted by Crippen LogP contribution is 2.19. The number of nitrogens with zero attached hydrogens (tertiary/aromatic N) is 1. The maximum atomic E-state index is 3.43. The molecule has 0 amide bonds. The molecule has 0 saturated carbocycles. The largest absolute Gasteiger partial charge is 0.312 e. The summed E-state index contributed by atoms with van der Waals surface area (Å²) in [6, 6.07) is 7.14. The second-order valence-corrected chi connectivity index (χ2v) is 4.96. The SMILES string of the molecule is CCCN(C)CC(NC)c1ccc(C)cc1C. The van der Waals surface area contributed by atoms with Gasteiger partial charge < -0.3 is 10.2 Å². The van der Waals surface area contributed by atoms with Gasteiger partial charge in [-0.3, -0.25) is 0 Å². The average Bonchev–Trinajstić information content (AvgIpc) is 2.27. The molecule has 0 aliphatic rings. The first kappa shape index (κ1) is 14.2. The normalized spacial score (nSPS) is 13.1. The van der Waals surface area contributed by atoms with Crippen molar-refractivity contribution in [3.05, 3.63) is 34.9 Å². The third kappa shape index (κ3) is 4.14. The zero-order valence-corrected chi connectivity index (χ0v) is 11.9. The van der Waals surface area contributed by atoms with Crippen LogP contribution in [0.1, 0.15) is 36.1 Å². The van der Waals surface area contributed by atoms with Crippen LogP contribution in [0, 0.1) is 13.8 Å². The van der Waals surface area contributed by atoms with Crippen LogP contribution in [0.4, 0.5) is 0 Å². The van der Waals surface area contributed by atoms with Gasteiger partial charge >= 0.3 is 0 Å². The Morgan fingerprint density at radius 1 is 1.29 bits per heavy atom. The van der Waals surface area contributed by atoms with Crippen LogP contribution in [0.5, 0.6) is 0 Å². The molecule has 0 aromatic heterocycles. The minimum Gasteiger partial charge on any atom is -0.312 e. The highest BCUT2D eigenvalue weighted by atomic mass is 15.1. The van der Waals surface area contributed by atoms with E-state index in [1.165, 1.54) is 23.1 Å². The average molecular weight is 234 g/mol. The number of nitrogens with one attached hydrogen (secondary N) is 1. The molecule has 1 unspecified atom stereocenters. The summed E-state index contributed by atoms with van der Waals surface area (Å²) in [4.78, 5) is 2.39. The Morgan fingerprint density at radius 3 is 2.53 bits per heavy atom. The van der Waals surface area contributed by atoms with Crippen LogP contribution in [0.2, 0.25) is 0 Å². The predicted octanol–water partition coefficient (Wildman–Crippen LogP) is 2.91. The molecule has 1 rings (SSSR count). The summed E-state index contributed by atoms with van der Waals surface area (Å²) in [7, 11) is 4.24. The predicted molar refractivity (Wildman–Crippen MR) is 75.5 cm³/mol. The molecule has 0 radical (unpaired) electrons. The Labute approximate surface area is 106 Å². The molecule has 0 aliphatic heterocycles. The molecular weight excluding hydrogens is 208 g/mol. The molecule has 0 fully saturated rings. The van der Waals surface area contributed by atoms with E-state index in [2.05, 4.69) is 56.2 Å². The van der Waals surface area contributed by atoms with E-state index in [9.17, 15) is 0 Å². The van der Waals surface area contributed by atoms with Gasteiger partial charge in [0.25, 0.3) is 0 Å². The van der Waals surface area contributed by atoms with Crippen LogP contribution in [0.15, 0.2) is 18.2 Å². The van der Waals surface area contributed by atoms with E-state index in [0.717, 1.165) is 13.1 Å². The van der Waals surface area contributed by atoms with E-state index in [0.29, 0.717) is 6.04 Å². The van der Waals surface area contributed by atoms with Gasteiger partial charge in [-0.05, 0) is 52.0 Å². The molecule has 0 aliphatic carbocycles. The monoisotopic (exact) mass is 234 g/mol. The molecule has 96 valence electrons. The number of hydrogen-bond donors (Lipinski definition) is 1. The zero-order chi connectivity index (χ0) is 12.8. The lowest BCUT2D eigenvalue weighted by Crippen LogP contribution is -2.32. The number of benzene rings is 1. The summed E-state index contributed by atoms with van der Waals surface area (Å²) in [5, 5.41) is 3.43. The third-order valence-corrected chi connectivity index (χ3v) is 3.25. The van der Waals surface area contributed by atoms with Crippen LogP contribution in [0.3, 0.4) is 0 Å². The summed E-state index contributed by atoms with van der Waals surface area (Å²) < 4.78 is 0. The van der Waals surface area contributed by atoms with Crippen molar-refractivity contribution in [1.29, 1.82) is 0 Å². The van der Waals surface area contributed by atoms with Crippen molar-refractivity contribution >= 4 is 0 Å². The summed E-state index contributed by atoms with van der Waals surface area (Å²) >= 11 is 0. The molecule has 2 heteroatoms. The van der Waals surface area contributed by atoms with Crippen molar-refractivity contribution in [2.75, 3.05) is 27.2 Å². The smallest absolute Gasteiger partial charge is 0.0449 e. The van der Waals surface area contributed by atoms with Gasteiger partial charge in [0.1, 0.15) is 0 Å². The Hall–Kier alpha value is -0.860. The lowest BCUT2D eigenvalue weighted by Gasteiger charge is -2.25. The van der Waals surface area contributed by atoms with Crippen LogP contribution in [0.25, 0.3) is 0 Å². The summed E-state index contributed by atoms with van der Waals surface area (Å²) in [5.74, 6) is 0. The quantitative estimate of drug-likeness (QED) is 0.814. The van der Waals surface area contributed by atoms with Crippen molar-refractivity contribution in [1.82, 2.24) is 10.2 Å². The fourth-order valence-electron chi connectivity index (χ4n) is 2.35. The Kier molecular flexibility index (Phi) is 5.66. The van der Waals surface area contributed by atoms with Gasteiger partial charge in [-0.1, -0.05) is 30.7 Å². The Bertz CT molecular complexity index is 347. The van der Waals surface area contributed by atoms with Gasteiger partial charge in [0, 0.05) is 12.6 Å². The molecule has 1 atom stereocenters. The van der Waals surface area contributed by atoms with E-state index >= 15 is 0 Å². The van der Waals surface area contributed by atoms with Crippen molar-refractivity contribution in [2.24, 2.45) is 0 Å². The minimum absolute atomic E-state index is 0.423. The molecule has 0 heterocycles. The van der Waals surface area contributed by atoms with Gasteiger partial charge in [0.2, 0.25) is 0 Å². The van der Waals surface area contributed by atoms with Crippen LogP contribution < -0.4 is 5.32 Å². The highest BCUT2D eigenvalue weighted by Gasteiger charge is 2.13. The molecule has 1 aromatic rings. The lowest BCUT2D eigenvalue weighted by molar-refractivity contribution is 0.297. The first-order valence-corrected chi connectivity index (χ1v) is 6.51. The van der Waals surface area contributed by atoms with E-state index in [1.807, 2.05) is 7.05 Å². The maximum absolute atomic E-state index is 3.43. The molecule has 0 bridgehead atoms. The van der Waals surface area contributed by atoms with E-state index in [1.54, 1.807) is 0 Å². The molecular formula is C15H26N2. The van der Waals surface area contributed by atoms with Crippen molar-refractivity contribution in [3.63, 3.8) is 0 Å². The number of hydrogen-bond acceptors (Lipinski definition) is 2. The van der Waals surface area contributed by atoms with E-state index in [4.69, 9.17) is 0 Å². The Balaban J connectivity index is 2.79. The van der Waals surface area contributed by atoms with Gasteiger partial charge in [0.15, 0.2) is 0 Å². The molecule has 2 nitrogen and oxygen atoms in total. The van der Waals surface area contributed by atoms with Crippen molar-refractivity contribution < 1.29 is 0 Å². The van der Waals surface area contributed by atoms with Crippen LogP contribution in [-0.4, -0.2) is 32.1 Å². The standard InChI is InChI=1S/C15H26N2/c1-6-9-17(5)11-15(16-4)14-8-7-12(2)10-13(14)3/h7-8,10,15-16H,6,9,11H2,1-5H3. The highest BCUT2D eigenvalue weighted by molar-refractivity contribution is 5.33. The summed E-state index contributed by atoms with van der Waals surface area (Å²) in [6.45, 7) is 8.79. The van der Waals surface area contributed by atoms with Crippen molar-refractivity contribution in [2.45, 2.75) is 33.2 Å². The number of aryl methyl sites for hydroxylation is 2. The Morgan fingerprint density at radius 2 is 2.00 bits per heavy atom. The van der Waals surface area contributed by atoms with Crippen molar-refractivity contribution in [3.8, 4) is 0 Å². The molecule has 17 heavy (non-hydrogen) atoms. The van der Waals surface area contributed by atoms with Gasteiger partial charge in [-0.25, -0.2) is 0 Å². The zero-order valence-electron chi connectivity index (χ0n) is 11.9. The van der Waals surface area contributed by atoms with Crippen LogP contribution >= 0.6 is 0 Å². The summed E-state index contributed by atoms with van der Waals surface area (Å²) in [6.07, 6.45) is 1.21. The second kappa shape index (κ2) is 6.77. The minimum atomic E-state index is 0.423. The molecule has 1 N–H and O–H groups in total. The first-order valence-electron chi connectivity index (χ1n) is 6.51. The van der Waals surface area contributed by atoms with Gasteiger partial charge in [-0.2, -0.15) is 0 Å². The number of rotatable bonds is 6. The summed E-state index contributed by atoms with van der Waals surface area (Å²) in [5.41, 5.74) is 4.14. The molecule has 0 saturated heterocycles. The van der Waals surface area contributed by atoms with E-state index in [-0.39, 0.29) is 0 Å². The fourth-order valence-corrected chi connectivity index (χ4v) is 2.35. The maximum Gasteiger partial charge on any atom is 0.0449 e. The topological polar surface area (TPSA) is 15.3 Å². The third-order valence-electron chi connectivity index (χ3n) is 3.25. The van der Waals surface area contributed by atoms with Crippen LogP contribution in [-0.2, 0) is 0 Å². The lowest BCUT2D eigenvalue weighted by atomic mass is 9.99. The number of likely N-dealkylation sites (N-methyl/N-ethyl adjacent to an activating group) is 2. The second-order valence-electron chi connectivity index (χ2n) is 4.96. The van der Waals surface area contributed by atoms with Gasteiger partial charge in [-0.15, -0.1) is 0 Å². The molecule has 0 spiro atoms. The fraction of sp³-hybridized carbons (Fsp3) is 0.600. The molecule has 1 aromatic carbocycles. The first-order chi connectivity index (χ1) is 8.08.